The highest BCUT2D eigenvalue weighted by Gasteiger charge is 2.16. The summed E-state index contributed by atoms with van der Waals surface area (Å²) in [6, 6.07) is 10.5. The first-order chi connectivity index (χ1) is 17.7. The maximum absolute atomic E-state index is 12.7. The second-order valence-corrected chi connectivity index (χ2v) is 11.2. The average Bonchev–Trinajstić information content (AvgIpc) is 3.53. The third-order valence-electron chi connectivity index (χ3n) is 6.19. The summed E-state index contributed by atoms with van der Waals surface area (Å²) in [5.41, 5.74) is 6.93. The lowest BCUT2D eigenvalue weighted by Crippen LogP contribution is -2.14. The Kier molecular flexibility index (Phi) is 6.41. The third-order valence-corrected chi connectivity index (χ3v) is 7.30. The zero-order chi connectivity index (χ0) is 26.2. The number of nitrogens with zero attached hydrogens (tertiary/aromatic N) is 3. The van der Waals surface area contributed by atoms with E-state index in [0.717, 1.165) is 23.1 Å². The van der Waals surface area contributed by atoms with Crippen molar-refractivity contribution in [3.05, 3.63) is 89.6 Å². The fourth-order valence-electron chi connectivity index (χ4n) is 4.43. The van der Waals surface area contributed by atoms with E-state index in [9.17, 15) is 13.2 Å². The van der Waals surface area contributed by atoms with Crippen molar-refractivity contribution in [2.45, 2.75) is 37.6 Å². The van der Waals surface area contributed by atoms with Crippen LogP contribution in [0.25, 0.3) is 10.9 Å². The molecule has 1 unspecified atom stereocenters. The number of rotatable bonds is 7. The number of carbonyl (C=O) groups excluding carboxylic acids is 1. The molecule has 1 aliphatic carbocycles. The van der Waals surface area contributed by atoms with E-state index in [4.69, 9.17) is 4.74 Å². The number of fused-ring (bicyclic) bond motifs is 1. The third kappa shape index (κ3) is 5.33. The molecule has 5 rings (SSSR count). The summed E-state index contributed by atoms with van der Waals surface area (Å²) in [5.74, 6) is 1.03. The van der Waals surface area contributed by atoms with Gasteiger partial charge in [-0.25, -0.2) is 8.42 Å². The molecule has 2 heterocycles. The van der Waals surface area contributed by atoms with Gasteiger partial charge in [-0.1, -0.05) is 12.1 Å². The molecule has 0 aliphatic heterocycles. The van der Waals surface area contributed by atoms with E-state index in [1.165, 1.54) is 6.26 Å². The van der Waals surface area contributed by atoms with Crippen molar-refractivity contribution in [2.75, 3.05) is 11.6 Å². The molecule has 1 N–H and O–H groups in total. The maximum atomic E-state index is 12.7. The van der Waals surface area contributed by atoms with Crippen LogP contribution in [0.3, 0.4) is 0 Å². The van der Waals surface area contributed by atoms with Crippen molar-refractivity contribution in [3.63, 3.8) is 0 Å². The zero-order valence-electron chi connectivity index (χ0n) is 20.7. The summed E-state index contributed by atoms with van der Waals surface area (Å²) in [5, 5.41) is 7.85. The normalized spacial score (nSPS) is 14.8. The monoisotopic (exact) mass is 514 g/mol. The molecule has 1 aliphatic rings. The maximum Gasteiger partial charge on any atom is 0.228 e. The van der Waals surface area contributed by atoms with Crippen LogP contribution < -0.4 is 10.1 Å². The van der Waals surface area contributed by atoms with Gasteiger partial charge >= 0.3 is 0 Å². The average molecular weight is 515 g/mol. The minimum Gasteiger partial charge on any atom is -0.456 e. The van der Waals surface area contributed by atoms with Gasteiger partial charge < -0.3 is 10.1 Å². The predicted octanol–water partition coefficient (Wildman–Crippen LogP) is 5.08. The molecule has 188 valence electrons. The van der Waals surface area contributed by atoms with Gasteiger partial charge in [0.05, 0.1) is 34.8 Å². The van der Waals surface area contributed by atoms with Crippen LogP contribution in [0.4, 0.5) is 5.69 Å². The number of pyridine rings is 1. The molecule has 4 aromatic rings. The quantitative estimate of drug-likeness (QED) is 0.345. The number of benzene rings is 2. The van der Waals surface area contributed by atoms with Gasteiger partial charge in [0, 0.05) is 24.0 Å². The van der Waals surface area contributed by atoms with E-state index in [1.54, 1.807) is 36.7 Å². The highest BCUT2D eigenvalue weighted by Crippen LogP contribution is 2.34. The van der Waals surface area contributed by atoms with E-state index in [1.807, 2.05) is 49.0 Å². The molecule has 0 saturated heterocycles. The summed E-state index contributed by atoms with van der Waals surface area (Å²) in [6.07, 6.45) is 11.2. The number of ether oxygens (including phenoxy) is 1. The number of aryl methyl sites for hydroxylation is 2. The fraction of sp³-hybridized carbons (Fsp3) is 0.214. The number of sulfone groups is 1. The Morgan fingerprint density at radius 2 is 1.97 bits per heavy atom. The fourth-order valence-corrected chi connectivity index (χ4v) is 5.07. The van der Waals surface area contributed by atoms with Crippen LogP contribution in [-0.2, 0) is 21.1 Å². The van der Waals surface area contributed by atoms with Crippen LogP contribution >= 0.6 is 0 Å². The summed E-state index contributed by atoms with van der Waals surface area (Å²) >= 11 is 0. The first kappa shape index (κ1) is 24.5. The lowest BCUT2D eigenvalue weighted by Gasteiger charge is -2.15. The van der Waals surface area contributed by atoms with Crippen LogP contribution in [0.5, 0.6) is 11.5 Å². The Balaban J connectivity index is 1.33. The van der Waals surface area contributed by atoms with Gasteiger partial charge in [0.15, 0.2) is 9.84 Å². The molecule has 0 saturated carbocycles. The predicted molar refractivity (Wildman–Crippen MR) is 142 cm³/mol. The molecule has 1 atom stereocenters. The van der Waals surface area contributed by atoms with E-state index in [2.05, 4.69) is 21.1 Å². The van der Waals surface area contributed by atoms with Crippen molar-refractivity contribution in [2.24, 2.45) is 0 Å². The van der Waals surface area contributed by atoms with Crippen LogP contribution in [0.1, 0.15) is 29.2 Å². The topological polar surface area (TPSA) is 103 Å². The Morgan fingerprint density at radius 1 is 1.19 bits per heavy atom. The van der Waals surface area contributed by atoms with Crippen LogP contribution in [0.2, 0.25) is 0 Å². The lowest BCUT2D eigenvalue weighted by molar-refractivity contribution is -0.115. The van der Waals surface area contributed by atoms with Crippen molar-refractivity contribution in [3.8, 4) is 11.5 Å². The van der Waals surface area contributed by atoms with E-state index >= 15 is 0 Å². The van der Waals surface area contributed by atoms with Crippen molar-refractivity contribution in [1.82, 2.24) is 14.8 Å². The summed E-state index contributed by atoms with van der Waals surface area (Å²) < 4.78 is 32.2. The molecule has 0 bridgehead atoms. The Hall–Kier alpha value is -4.20. The number of hydrogen-bond donors (Lipinski definition) is 1. The lowest BCUT2D eigenvalue weighted by atomic mass is 10.0. The second kappa shape index (κ2) is 9.69. The second-order valence-electron chi connectivity index (χ2n) is 9.20. The molecular weight excluding hydrogens is 488 g/mol. The largest absolute Gasteiger partial charge is 0.456 e. The molecule has 37 heavy (non-hydrogen) atoms. The number of carbonyl (C=O) groups is 1. The first-order valence-corrected chi connectivity index (χ1v) is 13.7. The minimum atomic E-state index is -3.38. The smallest absolute Gasteiger partial charge is 0.228 e. The standard InChI is InChI=1S/C28H26N4O4S/c1-18-12-20(14-27(33)31-21-16-30-32(17-21)22-6-4-5-7-22)13-19(2)28(18)36-26-10-11-29-25-9-8-23(15-24(25)26)37(3,34)35/h4,7-13,15-17,22H,6,14H2,1-3H3,(H,31,33). The summed E-state index contributed by atoms with van der Waals surface area (Å²) in [6.45, 7) is 3.84. The van der Waals surface area contributed by atoms with Gasteiger partial charge in [0.2, 0.25) is 5.91 Å². The number of anilines is 1. The van der Waals surface area contributed by atoms with Crippen molar-refractivity contribution < 1.29 is 17.9 Å². The molecule has 8 nitrogen and oxygen atoms in total. The van der Waals surface area contributed by atoms with E-state index in [-0.39, 0.29) is 23.3 Å². The van der Waals surface area contributed by atoms with E-state index in [0.29, 0.717) is 28.1 Å². The molecule has 0 fully saturated rings. The molecule has 2 aromatic heterocycles. The highest BCUT2D eigenvalue weighted by atomic mass is 32.2. The molecule has 1 amide bonds. The number of hydrogen-bond acceptors (Lipinski definition) is 6. The molecule has 0 radical (unpaired) electrons. The molecule has 9 heteroatoms. The number of nitrogens with one attached hydrogen (secondary N) is 1. The van der Waals surface area contributed by atoms with Gasteiger partial charge in [-0.2, -0.15) is 5.10 Å². The highest BCUT2D eigenvalue weighted by molar-refractivity contribution is 7.90. The van der Waals surface area contributed by atoms with Crippen LogP contribution in [0, 0.1) is 13.8 Å². The Labute approximate surface area is 215 Å². The zero-order valence-corrected chi connectivity index (χ0v) is 21.5. The van der Waals surface area contributed by atoms with Gasteiger partial charge in [-0.3, -0.25) is 14.5 Å². The van der Waals surface area contributed by atoms with Gasteiger partial charge in [-0.05, 0) is 73.4 Å². The van der Waals surface area contributed by atoms with E-state index < -0.39 is 9.84 Å². The molecular formula is C28H26N4O4S. The van der Waals surface area contributed by atoms with Gasteiger partial charge in [-0.15, -0.1) is 5.73 Å². The first-order valence-electron chi connectivity index (χ1n) is 11.8. The molecule has 2 aromatic carbocycles. The van der Waals surface area contributed by atoms with Gasteiger partial charge in [0.25, 0.3) is 0 Å². The number of aromatic nitrogens is 3. The van der Waals surface area contributed by atoms with Crippen LogP contribution in [-0.4, -0.2) is 35.3 Å². The Bertz CT molecular complexity index is 1680. The van der Waals surface area contributed by atoms with Crippen molar-refractivity contribution >= 4 is 32.3 Å². The SMILES string of the molecule is Cc1cc(CC(=O)Nc2cnn(C3C=C=CC3)c2)cc(C)c1Oc1ccnc2ccc(S(C)(=O)=O)cc12. The van der Waals surface area contributed by atoms with Crippen LogP contribution in [0.15, 0.2) is 77.8 Å². The Morgan fingerprint density at radius 3 is 2.68 bits per heavy atom. The minimum absolute atomic E-state index is 0.138. The summed E-state index contributed by atoms with van der Waals surface area (Å²) in [4.78, 5) is 17.2. The molecule has 0 spiro atoms. The number of amides is 1. The van der Waals surface area contributed by atoms with Gasteiger partial charge in [0.1, 0.15) is 11.5 Å². The number of allylic oxidation sites excluding steroid dienone is 1. The summed E-state index contributed by atoms with van der Waals surface area (Å²) in [7, 11) is -3.38. The van der Waals surface area contributed by atoms with Crippen molar-refractivity contribution in [1.29, 1.82) is 0 Å².